The molecule has 1 aromatic carbocycles. The zero-order valence-corrected chi connectivity index (χ0v) is 12.3. The summed E-state index contributed by atoms with van der Waals surface area (Å²) < 4.78 is 5.27. The molecule has 2 atom stereocenters. The van der Waals surface area contributed by atoms with Crippen LogP contribution in [0.25, 0.3) is 0 Å². The van der Waals surface area contributed by atoms with Crippen molar-refractivity contribution in [3.05, 3.63) is 35.4 Å². The minimum atomic E-state index is 0.695. The molecule has 19 heavy (non-hydrogen) atoms. The van der Waals surface area contributed by atoms with Gasteiger partial charge in [-0.2, -0.15) is 0 Å². The predicted molar refractivity (Wildman–Crippen MR) is 80.0 cm³/mol. The molecule has 0 spiro atoms. The van der Waals surface area contributed by atoms with Crippen molar-refractivity contribution in [2.45, 2.75) is 58.2 Å². The van der Waals surface area contributed by atoms with E-state index in [-0.39, 0.29) is 0 Å². The first kappa shape index (κ1) is 14.5. The van der Waals surface area contributed by atoms with Gasteiger partial charge in [-0.1, -0.05) is 44.0 Å². The van der Waals surface area contributed by atoms with E-state index >= 15 is 0 Å². The summed E-state index contributed by atoms with van der Waals surface area (Å²) in [4.78, 5) is 0. The van der Waals surface area contributed by atoms with E-state index < -0.39 is 0 Å². The summed E-state index contributed by atoms with van der Waals surface area (Å²) in [7, 11) is 1.76. The van der Waals surface area contributed by atoms with Gasteiger partial charge in [-0.25, -0.2) is 0 Å². The third kappa shape index (κ3) is 4.63. The van der Waals surface area contributed by atoms with E-state index in [1.807, 2.05) is 0 Å². The SMILES string of the molecule is COCc1ccccc1CNC1CCCC(C)CC1. The highest BCUT2D eigenvalue weighted by Crippen LogP contribution is 2.23. The Balaban J connectivity index is 1.87. The van der Waals surface area contributed by atoms with Crippen LogP contribution in [0.4, 0.5) is 0 Å². The van der Waals surface area contributed by atoms with Crippen molar-refractivity contribution in [1.29, 1.82) is 0 Å². The molecular formula is C17H27NO. The summed E-state index contributed by atoms with van der Waals surface area (Å²) in [5.41, 5.74) is 2.68. The Morgan fingerprint density at radius 1 is 1.11 bits per heavy atom. The van der Waals surface area contributed by atoms with E-state index in [1.54, 1.807) is 7.11 Å². The molecule has 1 fully saturated rings. The second-order valence-corrected chi connectivity index (χ2v) is 5.89. The van der Waals surface area contributed by atoms with Crippen LogP contribution >= 0.6 is 0 Å². The van der Waals surface area contributed by atoms with Gasteiger partial charge in [0.2, 0.25) is 0 Å². The van der Waals surface area contributed by atoms with Crippen LogP contribution in [0.3, 0.4) is 0 Å². The van der Waals surface area contributed by atoms with Gasteiger partial charge in [-0.05, 0) is 36.3 Å². The normalized spacial score (nSPS) is 24.1. The zero-order chi connectivity index (χ0) is 13.5. The van der Waals surface area contributed by atoms with Crippen LogP contribution in [0.1, 0.15) is 50.2 Å². The van der Waals surface area contributed by atoms with Gasteiger partial charge >= 0.3 is 0 Å². The van der Waals surface area contributed by atoms with Crippen LogP contribution in [0, 0.1) is 5.92 Å². The molecule has 2 rings (SSSR count). The first-order chi connectivity index (χ1) is 9.29. The first-order valence-electron chi connectivity index (χ1n) is 7.58. The summed E-state index contributed by atoms with van der Waals surface area (Å²) in [5.74, 6) is 0.910. The monoisotopic (exact) mass is 261 g/mol. The molecule has 0 radical (unpaired) electrons. The van der Waals surface area contributed by atoms with E-state index in [4.69, 9.17) is 4.74 Å². The lowest BCUT2D eigenvalue weighted by Gasteiger charge is -2.18. The molecule has 2 unspecified atom stereocenters. The highest BCUT2D eigenvalue weighted by Gasteiger charge is 2.15. The molecule has 0 amide bonds. The number of hydrogen-bond acceptors (Lipinski definition) is 2. The van der Waals surface area contributed by atoms with Gasteiger partial charge in [0.15, 0.2) is 0 Å². The predicted octanol–water partition coefficient (Wildman–Crippen LogP) is 3.89. The lowest BCUT2D eigenvalue weighted by Crippen LogP contribution is -2.28. The maximum absolute atomic E-state index is 5.27. The Hall–Kier alpha value is -0.860. The molecule has 2 nitrogen and oxygen atoms in total. The second-order valence-electron chi connectivity index (χ2n) is 5.89. The van der Waals surface area contributed by atoms with Crippen LogP contribution in [0.15, 0.2) is 24.3 Å². The van der Waals surface area contributed by atoms with E-state index in [0.29, 0.717) is 12.6 Å². The van der Waals surface area contributed by atoms with Gasteiger partial charge in [0.05, 0.1) is 6.61 Å². The van der Waals surface area contributed by atoms with E-state index in [2.05, 4.69) is 36.5 Å². The molecule has 0 saturated heterocycles. The molecule has 1 aromatic rings. The van der Waals surface area contributed by atoms with Gasteiger partial charge in [0.25, 0.3) is 0 Å². The van der Waals surface area contributed by atoms with Crippen molar-refractivity contribution in [3.8, 4) is 0 Å². The van der Waals surface area contributed by atoms with E-state index in [0.717, 1.165) is 12.5 Å². The summed E-state index contributed by atoms with van der Waals surface area (Å²) in [5, 5.41) is 3.74. The molecule has 0 bridgehead atoms. The molecule has 1 aliphatic carbocycles. The Bertz CT molecular complexity index is 377. The van der Waals surface area contributed by atoms with Gasteiger partial charge in [-0.15, -0.1) is 0 Å². The smallest absolute Gasteiger partial charge is 0.0716 e. The minimum Gasteiger partial charge on any atom is -0.380 e. The van der Waals surface area contributed by atoms with Crippen LogP contribution < -0.4 is 5.32 Å². The standard InChI is InChI=1S/C17H27NO/c1-14-6-5-9-17(11-10-14)18-12-15-7-3-4-8-16(15)13-19-2/h3-4,7-8,14,17-18H,5-6,9-13H2,1-2H3. The molecule has 2 heteroatoms. The number of benzene rings is 1. The van der Waals surface area contributed by atoms with Crippen LogP contribution in [0.5, 0.6) is 0 Å². The average molecular weight is 261 g/mol. The Morgan fingerprint density at radius 2 is 1.89 bits per heavy atom. The summed E-state index contributed by atoms with van der Waals surface area (Å²) in [6.45, 7) is 4.06. The fourth-order valence-corrected chi connectivity index (χ4v) is 2.97. The molecule has 0 heterocycles. The maximum Gasteiger partial charge on any atom is 0.0716 e. The number of rotatable bonds is 5. The molecule has 1 aliphatic rings. The molecule has 1 saturated carbocycles. The Kier molecular flexibility index (Phi) is 5.87. The highest BCUT2D eigenvalue weighted by atomic mass is 16.5. The van der Waals surface area contributed by atoms with E-state index in [9.17, 15) is 0 Å². The van der Waals surface area contributed by atoms with Crippen molar-refractivity contribution in [3.63, 3.8) is 0 Å². The van der Waals surface area contributed by atoms with Gasteiger partial charge in [0.1, 0.15) is 0 Å². The third-order valence-corrected chi connectivity index (χ3v) is 4.26. The minimum absolute atomic E-state index is 0.695. The van der Waals surface area contributed by atoms with Crippen molar-refractivity contribution in [2.75, 3.05) is 7.11 Å². The maximum atomic E-state index is 5.27. The van der Waals surface area contributed by atoms with Crippen molar-refractivity contribution in [1.82, 2.24) is 5.32 Å². The average Bonchev–Trinajstić information content (AvgIpc) is 2.63. The van der Waals surface area contributed by atoms with Crippen LogP contribution in [-0.4, -0.2) is 13.2 Å². The highest BCUT2D eigenvalue weighted by molar-refractivity contribution is 5.26. The molecule has 106 valence electrons. The fourth-order valence-electron chi connectivity index (χ4n) is 2.97. The van der Waals surface area contributed by atoms with Gasteiger partial charge in [-0.3, -0.25) is 0 Å². The summed E-state index contributed by atoms with van der Waals surface area (Å²) in [6, 6.07) is 9.27. The van der Waals surface area contributed by atoms with Gasteiger partial charge in [0, 0.05) is 19.7 Å². The largest absolute Gasteiger partial charge is 0.380 e. The summed E-state index contributed by atoms with van der Waals surface area (Å²) in [6.07, 6.45) is 6.80. The van der Waals surface area contributed by atoms with Crippen molar-refractivity contribution < 1.29 is 4.74 Å². The number of hydrogen-bond donors (Lipinski definition) is 1. The summed E-state index contributed by atoms with van der Waals surface area (Å²) >= 11 is 0. The molecular weight excluding hydrogens is 234 g/mol. The van der Waals surface area contributed by atoms with Gasteiger partial charge < -0.3 is 10.1 Å². The molecule has 0 aliphatic heterocycles. The van der Waals surface area contributed by atoms with Crippen LogP contribution in [-0.2, 0) is 17.9 Å². The van der Waals surface area contributed by atoms with E-state index in [1.165, 1.54) is 43.2 Å². The van der Waals surface area contributed by atoms with Crippen LogP contribution in [0.2, 0.25) is 0 Å². The fraction of sp³-hybridized carbons (Fsp3) is 0.647. The Labute approximate surface area is 117 Å². The number of methoxy groups -OCH3 is 1. The number of nitrogens with one attached hydrogen (secondary N) is 1. The lowest BCUT2D eigenvalue weighted by atomic mass is 10.0. The third-order valence-electron chi connectivity index (χ3n) is 4.26. The quantitative estimate of drug-likeness (QED) is 0.812. The molecule has 1 N–H and O–H groups in total. The first-order valence-corrected chi connectivity index (χ1v) is 7.58. The van der Waals surface area contributed by atoms with Crippen molar-refractivity contribution >= 4 is 0 Å². The van der Waals surface area contributed by atoms with Crippen molar-refractivity contribution in [2.24, 2.45) is 5.92 Å². The zero-order valence-electron chi connectivity index (χ0n) is 12.3. The number of ether oxygens (including phenoxy) is 1. The molecule has 0 aromatic heterocycles. The lowest BCUT2D eigenvalue weighted by molar-refractivity contribution is 0.184. The second kappa shape index (κ2) is 7.66. The Morgan fingerprint density at radius 3 is 2.68 bits per heavy atom. The topological polar surface area (TPSA) is 21.3 Å².